The Balaban J connectivity index is 2.27. The van der Waals surface area contributed by atoms with Crippen LogP contribution in [0.15, 0.2) is 12.2 Å². The fourth-order valence-corrected chi connectivity index (χ4v) is 3.74. The van der Waals surface area contributed by atoms with Crippen molar-refractivity contribution in [3.05, 3.63) is 12.2 Å². The maximum Gasteiger partial charge on any atom is 0.0754 e. The first-order chi connectivity index (χ1) is 6.36. The molecule has 0 aliphatic carbocycles. The van der Waals surface area contributed by atoms with Gasteiger partial charge in [-0.1, -0.05) is 12.2 Å². The van der Waals surface area contributed by atoms with Gasteiger partial charge < -0.3 is 0 Å². The monoisotopic (exact) mass is 190 g/mol. The first kappa shape index (κ1) is 8.66. The van der Waals surface area contributed by atoms with Gasteiger partial charge in [-0.3, -0.25) is 0 Å². The molecule has 0 spiro atoms. The summed E-state index contributed by atoms with van der Waals surface area (Å²) < 4.78 is 0. The second-order valence-corrected chi connectivity index (χ2v) is 4.95. The van der Waals surface area contributed by atoms with Crippen molar-refractivity contribution in [1.29, 1.82) is 10.5 Å². The summed E-state index contributed by atoms with van der Waals surface area (Å²) >= 11 is 1.83. The summed E-state index contributed by atoms with van der Waals surface area (Å²) in [5.41, 5.74) is 0. The Kier molecular flexibility index (Phi) is 2.29. The minimum atomic E-state index is -0.0510. The Morgan fingerprint density at radius 1 is 1.00 bits per heavy atom. The fraction of sp³-hybridized carbons (Fsp3) is 0.600. The summed E-state index contributed by atoms with van der Waals surface area (Å²) in [7, 11) is 0. The van der Waals surface area contributed by atoms with Crippen LogP contribution < -0.4 is 0 Å². The van der Waals surface area contributed by atoms with Crippen molar-refractivity contribution in [1.82, 2.24) is 0 Å². The number of nitriles is 2. The molecule has 2 aliphatic heterocycles. The fourth-order valence-electron chi connectivity index (χ4n) is 2.05. The zero-order chi connectivity index (χ0) is 9.26. The summed E-state index contributed by atoms with van der Waals surface area (Å²) in [5, 5.41) is 18.7. The van der Waals surface area contributed by atoms with Gasteiger partial charge in [0.2, 0.25) is 0 Å². The Morgan fingerprint density at radius 3 is 1.85 bits per heavy atom. The summed E-state index contributed by atoms with van der Waals surface area (Å²) in [6.07, 6.45) is 6.21. The largest absolute Gasteiger partial charge is 0.198 e. The Morgan fingerprint density at radius 2 is 1.46 bits per heavy atom. The van der Waals surface area contributed by atoms with Crippen LogP contribution in [0.5, 0.6) is 0 Å². The third-order valence-electron chi connectivity index (χ3n) is 2.74. The topological polar surface area (TPSA) is 47.6 Å². The van der Waals surface area contributed by atoms with E-state index in [1.54, 1.807) is 0 Å². The highest BCUT2D eigenvalue weighted by Crippen LogP contribution is 2.47. The number of nitrogens with zero attached hydrogens (tertiary/aromatic N) is 2. The smallest absolute Gasteiger partial charge is 0.0754 e. The standard InChI is InChI=1S/C10H10N2S/c11-5-7-8(6-12)10-4-2-1-3-9(7)13-10/h1-2,7-10H,3-4H2/t7-,8-,9-,10+/m0/s1. The molecule has 2 bridgehead atoms. The van der Waals surface area contributed by atoms with E-state index < -0.39 is 0 Å². The molecule has 0 unspecified atom stereocenters. The van der Waals surface area contributed by atoms with Gasteiger partial charge in [0, 0.05) is 10.5 Å². The van der Waals surface area contributed by atoms with Gasteiger partial charge in [0.25, 0.3) is 0 Å². The van der Waals surface area contributed by atoms with E-state index in [-0.39, 0.29) is 11.8 Å². The van der Waals surface area contributed by atoms with Crippen LogP contribution in [-0.2, 0) is 0 Å². The van der Waals surface area contributed by atoms with E-state index in [2.05, 4.69) is 24.3 Å². The summed E-state index contributed by atoms with van der Waals surface area (Å²) in [4.78, 5) is 0. The molecule has 0 radical (unpaired) electrons. The van der Waals surface area contributed by atoms with Crippen LogP contribution in [0, 0.1) is 34.5 Å². The molecule has 3 heteroatoms. The van der Waals surface area contributed by atoms with Gasteiger partial charge in [-0.15, -0.1) is 0 Å². The van der Waals surface area contributed by atoms with E-state index in [1.165, 1.54) is 0 Å². The van der Waals surface area contributed by atoms with Gasteiger partial charge in [0.15, 0.2) is 0 Å². The molecular weight excluding hydrogens is 180 g/mol. The summed E-state index contributed by atoms with van der Waals surface area (Å²) in [6.45, 7) is 0. The van der Waals surface area contributed by atoms with Crippen LogP contribution in [0.4, 0.5) is 0 Å². The summed E-state index contributed by atoms with van der Waals surface area (Å²) in [5.74, 6) is -0.102. The predicted molar refractivity (Wildman–Crippen MR) is 51.7 cm³/mol. The van der Waals surface area contributed by atoms with E-state index in [9.17, 15) is 0 Å². The maximum atomic E-state index is 8.97. The molecule has 2 aliphatic rings. The molecule has 4 atom stereocenters. The van der Waals surface area contributed by atoms with Gasteiger partial charge >= 0.3 is 0 Å². The van der Waals surface area contributed by atoms with Gasteiger partial charge in [0.05, 0.1) is 24.0 Å². The van der Waals surface area contributed by atoms with E-state index in [0.29, 0.717) is 10.5 Å². The quantitative estimate of drug-likeness (QED) is 0.549. The zero-order valence-electron chi connectivity index (χ0n) is 7.18. The molecule has 0 aromatic rings. The molecule has 0 amide bonds. The van der Waals surface area contributed by atoms with E-state index >= 15 is 0 Å². The van der Waals surface area contributed by atoms with Gasteiger partial charge in [-0.05, 0) is 12.8 Å². The van der Waals surface area contributed by atoms with Gasteiger partial charge in [-0.25, -0.2) is 0 Å². The molecule has 1 fully saturated rings. The Bertz CT molecular complexity index is 280. The lowest BCUT2D eigenvalue weighted by molar-refractivity contribution is 0.492. The second-order valence-electron chi connectivity index (χ2n) is 3.47. The second kappa shape index (κ2) is 3.44. The maximum absolute atomic E-state index is 8.97. The van der Waals surface area contributed by atoms with Crippen LogP contribution in [-0.4, -0.2) is 10.5 Å². The number of rotatable bonds is 0. The Hall–Kier alpha value is -0.930. The van der Waals surface area contributed by atoms with Gasteiger partial charge in [-0.2, -0.15) is 22.3 Å². The molecule has 1 saturated heterocycles. The third-order valence-corrected chi connectivity index (χ3v) is 4.41. The lowest BCUT2D eigenvalue weighted by Crippen LogP contribution is -2.19. The highest BCUT2D eigenvalue weighted by Gasteiger charge is 2.44. The highest BCUT2D eigenvalue weighted by atomic mass is 32.2. The molecule has 2 rings (SSSR count). The average molecular weight is 190 g/mol. The van der Waals surface area contributed by atoms with Gasteiger partial charge in [0.1, 0.15) is 0 Å². The molecule has 13 heavy (non-hydrogen) atoms. The average Bonchev–Trinajstić information content (AvgIpc) is 2.31. The van der Waals surface area contributed by atoms with Crippen molar-refractivity contribution in [3.8, 4) is 12.1 Å². The number of allylic oxidation sites excluding steroid dienone is 2. The number of hydrogen-bond donors (Lipinski definition) is 0. The first-order valence-electron chi connectivity index (χ1n) is 4.46. The van der Waals surface area contributed by atoms with Crippen molar-refractivity contribution >= 4 is 11.8 Å². The number of fused-ring (bicyclic) bond motifs is 2. The molecule has 2 nitrogen and oxygen atoms in total. The lowest BCUT2D eigenvalue weighted by Gasteiger charge is -2.13. The van der Waals surface area contributed by atoms with Crippen molar-refractivity contribution < 1.29 is 0 Å². The van der Waals surface area contributed by atoms with E-state index in [4.69, 9.17) is 10.5 Å². The first-order valence-corrected chi connectivity index (χ1v) is 5.41. The van der Waals surface area contributed by atoms with Crippen molar-refractivity contribution in [2.24, 2.45) is 11.8 Å². The van der Waals surface area contributed by atoms with E-state index in [1.807, 2.05) is 11.8 Å². The molecule has 0 saturated carbocycles. The molecule has 2 heterocycles. The molecule has 0 aromatic carbocycles. The van der Waals surface area contributed by atoms with Crippen LogP contribution in [0.1, 0.15) is 12.8 Å². The molecule has 66 valence electrons. The number of hydrogen-bond acceptors (Lipinski definition) is 3. The van der Waals surface area contributed by atoms with E-state index in [0.717, 1.165) is 12.8 Å². The summed E-state index contributed by atoms with van der Waals surface area (Å²) in [6, 6.07) is 4.57. The minimum Gasteiger partial charge on any atom is -0.198 e. The van der Waals surface area contributed by atoms with Crippen molar-refractivity contribution in [2.45, 2.75) is 23.3 Å². The zero-order valence-corrected chi connectivity index (χ0v) is 8.00. The highest BCUT2D eigenvalue weighted by molar-refractivity contribution is 8.00. The van der Waals surface area contributed by atoms with Crippen molar-refractivity contribution in [3.63, 3.8) is 0 Å². The third kappa shape index (κ3) is 1.34. The van der Waals surface area contributed by atoms with Crippen LogP contribution in [0.25, 0.3) is 0 Å². The minimum absolute atomic E-state index is 0.0510. The molecular formula is C10H10N2S. The number of thioether (sulfide) groups is 1. The molecule has 0 aromatic heterocycles. The van der Waals surface area contributed by atoms with Crippen molar-refractivity contribution in [2.75, 3.05) is 0 Å². The van der Waals surface area contributed by atoms with Crippen LogP contribution >= 0.6 is 11.8 Å². The van der Waals surface area contributed by atoms with Crippen LogP contribution in [0.2, 0.25) is 0 Å². The SMILES string of the molecule is N#C[C@H]1[C@H](C#N)[C@H]2CC=CC[C@@H]1S2. The van der Waals surface area contributed by atoms with Crippen LogP contribution in [0.3, 0.4) is 0 Å². The molecule has 0 N–H and O–H groups in total. The predicted octanol–water partition coefficient (Wildman–Crippen LogP) is 2.10. The normalized spacial score (nSPS) is 42.0. The lowest BCUT2D eigenvalue weighted by atomic mass is 9.85. The Labute approximate surface area is 82.2 Å².